The summed E-state index contributed by atoms with van der Waals surface area (Å²) in [6.45, 7) is 4.00. The number of carbonyl (C=O) groups is 1. The predicted octanol–water partition coefficient (Wildman–Crippen LogP) is 1.55. The minimum Gasteiger partial charge on any atom is -0.366 e. The van der Waals surface area contributed by atoms with Gasteiger partial charge in [0.15, 0.2) is 0 Å². The average molecular weight is 151 g/mol. The molecule has 0 spiro atoms. The lowest BCUT2D eigenvalue weighted by atomic mass is 10.3. The summed E-state index contributed by atoms with van der Waals surface area (Å²) in [6, 6.07) is 0. The molecule has 0 radical (unpaired) electrons. The van der Waals surface area contributed by atoms with E-state index in [9.17, 15) is 4.79 Å². The highest BCUT2D eigenvalue weighted by atomic mass is 16.1. The lowest BCUT2D eigenvalue weighted by Crippen LogP contribution is -2.04. The van der Waals surface area contributed by atoms with Crippen LogP contribution in [0, 0.1) is 0 Å². The number of carbonyl (C=O) groups excluding carboxylic acids is 1. The smallest absolute Gasteiger partial charge is 0.241 e. The summed E-state index contributed by atoms with van der Waals surface area (Å²) in [5.74, 6) is -0.424. The SMILES string of the molecule is CC(C)=C/C=C/C=C/C(N)=O. The van der Waals surface area contributed by atoms with Crippen LogP contribution < -0.4 is 5.73 Å². The van der Waals surface area contributed by atoms with Gasteiger partial charge in [-0.3, -0.25) is 4.79 Å². The Bertz CT molecular complexity index is 208. The maximum Gasteiger partial charge on any atom is 0.241 e. The monoisotopic (exact) mass is 151 g/mol. The number of amides is 1. The molecule has 0 atom stereocenters. The molecule has 11 heavy (non-hydrogen) atoms. The molecule has 0 fully saturated rings. The summed E-state index contributed by atoms with van der Waals surface area (Å²) in [6.07, 6.45) is 8.50. The van der Waals surface area contributed by atoms with Gasteiger partial charge in [0.2, 0.25) is 5.91 Å². The molecule has 0 unspecified atom stereocenters. The topological polar surface area (TPSA) is 43.1 Å². The van der Waals surface area contributed by atoms with Crippen LogP contribution in [-0.2, 0) is 4.79 Å². The summed E-state index contributed by atoms with van der Waals surface area (Å²) in [7, 11) is 0. The zero-order chi connectivity index (χ0) is 8.69. The molecule has 2 N–H and O–H groups in total. The van der Waals surface area contributed by atoms with Crippen LogP contribution in [0.3, 0.4) is 0 Å². The van der Waals surface area contributed by atoms with E-state index in [-0.39, 0.29) is 0 Å². The molecule has 0 aromatic carbocycles. The molecule has 0 aliphatic heterocycles. The van der Waals surface area contributed by atoms with Crippen molar-refractivity contribution in [1.82, 2.24) is 0 Å². The van der Waals surface area contributed by atoms with Crippen molar-refractivity contribution in [2.45, 2.75) is 13.8 Å². The highest BCUT2D eigenvalue weighted by Gasteiger charge is 1.76. The summed E-state index contributed by atoms with van der Waals surface area (Å²) >= 11 is 0. The van der Waals surface area contributed by atoms with Crippen LogP contribution in [0.25, 0.3) is 0 Å². The molecule has 0 rings (SSSR count). The van der Waals surface area contributed by atoms with Gasteiger partial charge in [0, 0.05) is 6.08 Å². The highest BCUT2D eigenvalue weighted by Crippen LogP contribution is 1.88. The minimum absolute atomic E-state index is 0.424. The molecule has 1 amide bonds. The van der Waals surface area contributed by atoms with E-state index in [1.54, 1.807) is 12.2 Å². The third-order valence-corrected chi connectivity index (χ3v) is 0.912. The number of hydrogen-bond donors (Lipinski definition) is 1. The van der Waals surface area contributed by atoms with Gasteiger partial charge in [0.25, 0.3) is 0 Å². The van der Waals surface area contributed by atoms with Crippen LogP contribution in [0.1, 0.15) is 13.8 Å². The van der Waals surface area contributed by atoms with Crippen LogP contribution in [0.2, 0.25) is 0 Å². The number of allylic oxidation sites excluding steroid dienone is 5. The zero-order valence-corrected chi connectivity index (χ0v) is 6.87. The molecule has 0 aromatic rings. The van der Waals surface area contributed by atoms with Gasteiger partial charge in [-0.25, -0.2) is 0 Å². The Morgan fingerprint density at radius 1 is 1.18 bits per heavy atom. The number of primary amides is 1. The Morgan fingerprint density at radius 2 is 1.82 bits per heavy atom. The minimum atomic E-state index is -0.424. The summed E-state index contributed by atoms with van der Waals surface area (Å²) in [5, 5.41) is 0. The van der Waals surface area contributed by atoms with Gasteiger partial charge in [-0.1, -0.05) is 29.9 Å². The predicted molar refractivity (Wildman–Crippen MR) is 46.9 cm³/mol. The van der Waals surface area contributed by atoms with Gasteiger partial charge in [-0.2, -0.15) is 0 Å². The van der Waals surface area contributed by atoms with E-state index in [2.05, 4.69) is 0 Å². The molecule has 0 bridgehead atoms. The number of rotatable bonds is 3. The lowest BCUT2D eigenvalue weighted by Gasteiger charge is -1.80. The van der Waals surface area contributed by atoms with Crippen molar-refractivity contribution in [1.29, 1.82) is 0 Å². The van der Waals surface area contributed by atoms with Crippen LogP contribution in [0.4, 0.5) is 0 Å². The molecule has 60 valence electrons. The molecule has 0 aromatic heterocycles. The number of nitrogens with two attached hydrogens (primary N) is 1. The third-order valence-electron chi connectivity index (χ3n) is 0.912. The fraction of sp³-hybridized carbons (Fsp3) is 0.222. The van der Waals surface area contributed by atoms with E-state index >= 15 is 0 Å². The Hall–Kier alpha value is -1.31. The Labute approximate surface area is 67.1 Å². The molecular formula is C9H13NO. The van der Waals surface area contributed by atoms with Crippen molar-refractivity contribution in [3.05, 3.63) is 36.0 Å². The second-order valence-corrected chi connectivity index (χ2v) is 2.39. The fourth-order valence-corrected chi connectivity index (χ4v) is 0.463. The van der Waals surface area contributed by atoms with Crippen molar-refractivity contribution in [2.24, 2.45) is 5.73 Å². The first kappa shape index (κ1) is 9.69. The van der Waals surface area contributed by atoms with Crippen molar-refractivity contribution in [3.8, 4) is 0 Å². The first-order valence-electron chi connectivity index (χ1n) is 3.40. The Morgan fingerprint density at radius 3 is 2.27 bits per heavy atom. The van der Waals surface area contributed by atoms with E-state index in [1.165, 1.54) is 11.6 Å². The normalized spacial score (nSPS) is 10.7. The number of hydrogen-bond acceptors (Lipinski definition) is 1. The summed E-state index contributed by atoms with van der Waals surface area (Å²) < 4.78 is 0. The molecule has 0 saturated heterocycles. The zero-order valence-electron chi connectivity index (χ0n) is 6.87. The second kappa shape index (κ2) is 5.47. The Balaban J connectivity index is 3.78. The first-order chi connectivity index (χ1) is 5.13. The molecule has 0 aliphatic carbocycles. The Kier molecular flexibility index (Phi) is 4.82. The van der Waals surface area contributed by atoms with Gasteiger partial charge in [0.05, 0.1) is 0 Å². The van der Waals surface area contributed by atoms with Crippen LogP contribution >= 0.6 is 0 Å². The first-order valence-corrected chi connectivity index (χ1v) is 3.40. The molecular weight excluding hydrogens is 138 g/mol. The second-order valence-electron chi connectivity index (χ2n) is 2.39. The molecule has 2 nitrogen and oxygen atoms in total. The van der Waals surface area contributed by atoms with Crippen molar-refractivity contribution >= 4 is 5.91 Å². The van der Waals surface area contributed by atoms with Crippen molar-refractivity contribution < 1.29 is 4.79 Å². The molecule has 0 saturated carbocycles. The highest BCUT2D eigenvalue weighted by molar-refractivity contribution is 5.85. The van der Waals surface area contributed by atoms with Crippen molar-refractivity contribution in [2.75, 3.05) is 0 Å². The summed E-state index contributed by atoms with van der Waals surface area (Å²) in [4.78, 5) is 10.2. The largest absolute Gasteiger partial charge is 0.366 e. The molecule has 2 heteroatoms. The average Bonchev–Trinajstić information content (AvgIpc) is 1.85. The van der Waals surface area contributed by atoms with E-state index < -0.39 is 5.91 Å². The van der Waals surface area contributed by atoms with E-state index in [1.807, 2.05) is 26.0 Å². The quantitative estimate of drug-likeness (QED) is 0.482. The van der Waals surface area contributed by atoms with Crippen molar-refractivity contribution in [3.63, 3.8) is 0 Å². The van der Waals surface area contributed by atoms with E-state index in [0.717, 1.165) is 0 Å². The van der Waals surface area contributed by atoms with E-state index in [4.69, 9.17) is 5.73 Å². The lowest BCUT2D eigenvalue weighted by molar-refractivity contribution is -0.113. The molecule has 0 heterocycles. The standard InChI is InChI=1S/C9H13NO/c1-8(2)6-4-3-5-7-9(10)11/h3-7H,1-2H3,(H2,10,11)/b4-3+,7-5+. The van der Waals surface area contributed by atoms with Gasteiger partial charge >= 0.3 is 0 Å². The third kappa shape index (κ3) is 8.69. The fourth-order valence-electron chi connectivity index (χ4n) is 0.463. The maximum absolute atomic E-state index is 10.2. The summed E-state index contributed by atoms with van der Waals surface area (Å²) in [5.41, 5.74) is 6.08. The van der Waals surface area contributed by atoms with Crippen LogP contribution in [0.15, 0.2) is 36.0 Å². The van der Waals surface area contributed by atoms with Crippen LogP contribution in [-0.4, -0.2) is 5.91 Å². The van der Waals surface area contributed by atoms with E-state index in [0.29, 0.717) is 0 Å². The van der Waals surface area contributed by atoms with Gasteiger partial charge in [-0.05, 0) is 13.8 Å². The molecule has 0 aliphatic rings. The van der Waals surface area contributed by atoms with Crippen LogP contribution in [0.5, 0.6) is 0 Å². The van der Waals surface area contributed by atoms with Gasteiger partial charge in [-0.15, -0.1) is 0 Å². The maximum atomic E-state index is 10.2. The van der Waals surface area contributed by atoms with Gasteiger partial charge < -0.3 is 5.73 Å². The van der Waals surface area contributed by atoms with Gasteiger partial charge in [0.1, 0.15) is 0 Å².